The van der Waals surface area contributed by atoms with E-state index in [0.29, 0.717) is 13.2 Å². The monoisotopic (exact) mass is 268 g/mol. The number of hydrogen-bond donors (Lipinski definition) is 0. The molecule has 0 atom stereocenters. The highest BCUT2D eigenvalue weighted by atomic mass is 16.6. The molecule has 1 saturated carbocycles. The smallest absolute Gasteiger partial charge is 0.345 e. The molecule has 0 radical (unpaired) electrons. The molecule has 0 unspecified atom stereocenters. The van der Waals surface area contributed by atoms with Crippen molar-refractivity contribution in [3.63, 3.8) is 0 Å². The quantitative estimate of drug-likeness (QED) is 0.322. The highest BCUT2D eigenvalue weighted by Crippen LogP contribution is 2.30. The Kier molecular flexibility index (Phi) is 6.06. The Morgan fingerprint density at radius 2 is 1.37 bits per heavy atom. The van der Waals surface area contributed by atoms with Crippen molar-refractivity contribution in [2.75, 3.05) is 13.2 Å². The summed E-state index contributed by atoms with van der Waals surface area (Å²) in [6, 6.07) is 0. The molecule has 0 aromatic carbocycles. The third-order valence-electron chi connectivity index (χ3n) is 2.81. The fourth-order valence-electron chi connectivity index (χ4n) is 1.60. The van der Waals surface area contributed by atoms with Crippen LogP contribution in [0.1, 0.15) is 47.0 Å². The van der Waals surface area contributed by atoms with E-state index < -0.39 is 11.9 Å². The Morgan fingerprint density at radius 3 is 1.63 bits per heavy atom. The molecular weight excluding hydrogens is 244 g/mol. The van der Waals surface area contributed by atoms with Gasteiger partial charge < -0.3 is 9.47 Å². The minimum Gasteiger partial charge on any atom is -0.462 e. The van der Waals surface area contributed by atoms with Crippen LogP contribution in [0.4, 0.5) is 0 Å². The van der Waals surface area contributed by atoms with Gasteiger partial charge in [-0.1, -0.05) is 27.7 Å². The van der Waals surface area contributed by atoms with E-state index >= 15 is 0 Å². The average Bonchev–Trinajstić information content (AvgIpc) is 2.27. The molecule has 0 saturated heterocycles. The van der Waals surface area contributed by atoms with Crippen LogP contribution in [0, 0.1) is 11.8 Å². The first-order chi connectivity index (χ1) is 8.91. The number of carbonyl (C=O) groups is 2. The summed E-state index contributed by atoms with van der Waals surface area (Å²) in [5.74, 6) is -0.555. The fourth-order valence-corrected chi connectivity index (χ4v) is 1.60. The van der Waals surface area contributed by atoms with Gasteiger partial charge in [0, 0.05) is 0 Å². The number of hydrogen-bond acceptors (Lipinski definition) is 4. The minimum atomic E-state index is -0.530. The molecule has 0 N–H and O–H groups in total. The summed E-state index contributed by atoms with van der Waals surface area (Å²) in [4.78, 5) is 24.0. The van der Waals surface area contributed by atoms with E-state index in [-0.39, 0.29) is 17.4 Å². The van der Waals surface area contributed by atoms with Crippen LogP contribution in [0.5, 0.6) is 0 Å². The molecule has 1 aliphatic rings. The maximum absolute atomic E-state index is 12.0. The molecule has 0 aliphatic heterocycles. The van der Waals surface area contributed by atoms with Gasteiger partial charge in [-0.2, -0.15) is 0 Å². The van der Waals surface area contributed by atoms with Crippen LogP contribution in [0.15, 0.2) is 11.1 Å². The van der Waals surface area contributed by atoms with Crippen molar-refractivity contribution >= 4 is 11.9 Å². The summed E-state index contributed by atoms with van der Waals surface area (Å²) in [7, 11) is 0. The molecule has 0 aromatic rings. The first kappa shape index (κ1) is 15.7. The SMILES string of the molecule is CC(C)COC(=O)C(C(=O)OCC(C)C)=C1CCC1. The van der Waals surface area contributed by atoms with Crippen molar-refractivity contribution in [3.8, 4) is 0 Å². The predicted octanol–water partition coefficient (Wildman–Crippen LogP) is 2.87. The molecule has 0 heterocycles. The van der Waals surface area contributed by atoms with Crippen LogP contribution < -0.4 is 0 Å². The van der Waals surface area contributed by atoms with Crippen molar-refractivity contribution in [1.29, 1.82) is 0 Å². The van der Waals surface area contributed by atoms with E-state index in [1.54, 1.807) is 0 Å². The molecule has 0 bridgehead atoms. The average molecular weight is 268 g/mol. The molecule has 108 valence electrons. The van der Waals surface area contributed by atoms with E-state index in [9.17, 15) is 9.59 Å². The van der Waals surface area contributed by atoms with Crippen molar-refractivity contribution in [2.24, 2.45) is 11.8 Å². The lowest BCUT2D eigenvalue weighted by Crippen LogP contribution is -2.24. The van der Waals surface area contributed by atoms with Crippen molar-refractivity contribution in [2.45, 2.75) is 47.0 Å². The normalized spacial score (nSPS) is 14.3. The summed E-state index contributed by atoms with van der Waals surface area (Å²) >= 11 is 0. The van der Waals surface area contributed by atoms with Crippen LogP contribution in [0.25, 0.3) is 0 Å². The molecule has 4 nitrogen and oxygen atoms in total. The van der Waals surface area contributed by atoms with E-state index in [4.69, 9.17) is 9.47 Å². The van der Waals surface area contributed by atoms with Crippen molar-refractivity contribution < 1.29 is 19.1 Å². The zero-order valence-electron chi connectivity index (χ0n) is 12.3. The maximum Gasteiger partial charge on any atom is 0.345 e. The maximum atomic E-state index is 12.0. The first-order valence-corrected chi connectivity index (χ1v) is 6.98. The van der Waals surface area contributed by atoms with E-state index in [1.807, 2.05) is 27.7 Å². The number of carbonyl (C=O) groups excluding carboxylic acids is 2. The second-order valence-electron chi connectivity index (χ2n) is 5.82. The van der Waals surface area contributed by atoms with Gasteiger partial charge in [0.25, 0.3) is 0 Å². The lowest BCUT2D eigenvalue weighted by molar-refractivity contribution is -0.148. The molecule has 0 amide bonds. The highest BCUT2D eigenvalue weighted by molar-refractivity contribution is 6.14. The largest absolute Gasteiger partial charge is 0.462 e. The zero-order chi connectivity index (χ0) is 14.4. The van der Waals surface area contributed by atoms with Crippen LogP contribution in [-0.2, 0) is 19.1 Å². The van der Waals surface area contributed by atoms with Gasteiger partial charge in [0.2, 0.25) is 0 Å². The molecular formula is C15H24O4. The summed E-state index contributed by atoms with van der Waals surface area (Å²) in [6.07, 6.45) is 2.61. The van der Waals surface area contributed by atoms with Crippen LogP contribution >= 0.6 is 0 Å². The van der Waals surface area contributed by atoms with Gasteiger partial charge in [0.15, 0.2) is 0 Å². The second kappa shape index (κ2) is 7.31. The van der Waals surface area contributed by atoms with E-state index in [1.165, 1.54) is 0 Å². The molecule has 19 heavy (non-hydrogen) atoms. The molecule has 0 spiro atoms. The second-order valence-corrected chi connectivity index (χ2v) is 5.82. The Bertz CT molecular complexity index is 334. The third kappa shape index (κ3) is 5.05. The number of ether oxygens (including phenoxy) is 2. The molecule has 1 aliphatic carbocycles. The van der Waals surface area contributed by atoms with Crippen LogP contribution in [0.3, 0.4) is 0 Å². The summed E-state index contributed by atoms with van der Waals surface area (Å²) in [6.45, 7) is 8.49. The molecule has 0 aromatic heterocycles. The number of esters is 2. The van der Waals surface area contributed by atoms with E-state index in [2.05, 4.69) is 0 Å². The number of allylic oxidation sites excluding steroid dienone is 1. The Hall–Kier alpha value is -1.32. The fraction of sp³-hybridized carbons (Fsp3) is 0.733. The molecule has 1 fully saturated rings. The highest BCUT2D eigenvalue weighted by Gasteiger charge is 2.29. The predicted molar refractivity (Wildman–Crippen MR) is 72.5 cm³/mol. The van der Waals surface area contributed by atoms with Gasteiger partial charge in [-0.3, -0.25) is 0 Å². The Labute approximate surface area is 115 Å². The van der Waals surface area contributed by atoms with Gasteiger partial charge in [-0.25, -0.2) is 9.59 Å². The summed E-state index contributed by atoms with van der Waals surface area (Å²) < 4.78 is 10.3. The zero-order valence-corrected chi connectivity index (χ0v) is 12.3. The van der Waals surface area contributed by atoms with Gasteiger partial charge in [0.05, 0.1) is 13.2 Å². The first-order valence-electron chi connectivity index (χ1n) is 6.98. The minimum absolute atomic E-state index is 0.132. The van der Waals surface area contributed by atoms with Crippen molar-refractivity contribution in [1.82, 2.24) is 0 Å². The third-order valence-corrected chi connectivity index (χ3v) is 2.81. The number of rotatable bonds is 6. The molecule has 4 heteroatoms. The van der Waals surface area contributed by atoms with E-state index in [0.717, 1.165) is 24.8 Å². The van der Waals surface area contributed by atoms with Gasteiger partial charge in [-0.15, -0.1) is 0 Å². The lowest BCUT2D eigenvalue weighted by Gasteiger charge is -2.21. The Morgan fingerprint density at radius 1 is 0.947 bits per heavy atom. The van der Waals surface area contributed by atoms with Crippen LogP contribution in [0.2, 0.25) is 0 Å². The van der Waals surface area contributed by atoms with Gasteiger partial charge in [0.1, 0.15) is 5.57 Å². The van der Waals surface area contributed by atoms with Crippen LogP contribution in [-0.4, -0.2) is 25.2 Å². The van der Waals surface area contributed by atoms with Gasteiger partial charge >= 0.3 is 11.9 Å². The molecule has 1 rings (SSSR count). The topological polar surface area (TPSA) is 52.6 Å². The Balaban J connectivity index is 2.68. The lowest BCUT2D eigenvalue weighted by atomic mass is 9.88. The standard InChI is InChI=1S/C15H24O4/c1-10(2)8-18-14(16)13(12-6-5-7-12)15(17)19-9-11(3)4/h10-11H,5-9H2,1-4H3. The van der Waals surface area contributed by atoms with Crippen molar-refractivity contribution in [3.05, 3.63) is 11.1 Å². The summed E-state index contributed by atoms with van der Waals surface area (Å²) in [5, 5.41) is 0. The summed E-state index contributed by atoms with van der Waals surface area (Å²) in [5.41, 5.74) is 1.01. The van der Waals surface area contributed by atoms with Gasteiger partial charge in [-0.05, 0) is 36.7 Å².